The van der Waals surface area contributed by atoms with E-state index in [2.05, 4.69) is 27.7 Å². The number of aliphatic carboxylic acids is 3. The van der Waals surface area contributed by atoms with E-state index in [1.165, 1.54) is 0 Å². The van der Waals surface area contributed by atoms with Crippen molar-refractivity contribution >= 4 is 23.7 Å². The molecule has 326 valence electrons. The standard InChI is InChI=1S/C42H62O16.Na/c1-37(2)21-8-11-42(7)31(20(43)16-18-19-17-39(4,36(53)54)13-12-38(19,3)14-15-41(18,42)6)40(21,5)10-9-22(37)55-35-30(26(47)25(46)29(57-35)33(51)52)58-34-27(48)23(44)24(45)28(56-34)32(49)50;/h16,19,21-31,34-35,44-48H,8-15,17H2,1-7H3,(H,49,50)(H,51,52)(H,53,54);/q;+1/t19-,21-,22-,23-,24-,25-,26-,27+,28-,29-,30+,31+,34-,35+,38+,39-,40-,41+,42+;/m0./s1. The van der Waals surface area contributed by atoms with Crippen LogP contribution < -0.4 is 29.6 Å². The topological polar surface area (TPSA) is 267 Å². The Labute approximate surface area is 366 Å². The molecule has 0 aromatic carbocycles. The Morgan fingerprint density at radius 1 is 0.695 bits per heavy atom. The van der Waals surface area contributed by atoms with Gasteiger partial charge in [0.05, 0.1) is 11.5 Å². The van der Waals surface area contributed by atoms with Gasteiger partial charge in [-0.25, -0.2) is 9.59 Å². The number of rotatable bonds is 7. The van der Waals surface area contributed by atoms with Gasteiger partial charge < -0.3 is 59.8 Å². The molecule has 0 aromatic rings. The first kappa shape index (κ1) is 47.0. The molecular formula is C42H62NaO16+. The van der Waals surface area contributed by atoms with Gasteiger partial charge in [0.15, 0.2) is 30.6 Å². The van der Waals surface area contributed by atoms with E-state index in [1.54, 1.807) is 0 Å². The molecule has 7 aliphatic rings. The van der Waals surface area contributed by atoms with Crippen molar-refractivity contribution in [2.24, 2.45) is 50.2 Å². The zero-order valence-corrected chi connectivity index (χ0v) is 37.4. The van der Waals surface area contributed by atoms with Crippen molar-refractivity contribution < 1.29 is 109 Å². The van der Waals surface area contributed by atoms with E-state index in [0.29, 0.717) is 25.7 Å². The number of ketones is 1. The van der Waals surface area contributed by atoms with Crippen LogP contribution in [0.25, 0.3) is 0 Å². The first-order chi connectivity index (χ1) is 26.8. The van der Waals surface area contributed by atoms with E-state index in [1.807, 2.05) is 26.8 Å². The number of fused-ring (bicyclic) bond motifs is 7. The van der Waals surface area contributed by atoms with Gasteiger partial charge in [0.2, 0.25) is 0 Å². The molecule has 0 unspecified atom stereocenters. The number of hydrogen-bond donors (Lipinski definition) is 8. The van der Waals surface area contributed by atoms with E-state index in [9.17, 15) is 60.0 Å². The first-order valence-corrected chi connectivity index (χ1v) is 20.7. The molecule has 5 aliphatic carbocycles. The van der Waals surface area contributed by atoms with Gasteiger partial charge in [0.1, 0.15) is 36.6 Å². The van der Waals surface area contributed by atoms with E-state index in [4.69, 9.17) is 18.9 Å². The third-order valence-electron chi connectivity index (χ3n) is 17.2. The second-order valence-corrected chi connectivity index (χ2v) is 20.6. The van der Waals surface area contributed by atoms with Crippen LogP contribution in [0, 0.1) is 50.2 Å². The van der Waals surface area contributed by atoms with Crippen LogP contribution >= 0.6 is 0 Å². The molecule has 17 heteroatoms. The maximum atomic E-state index is 14.8. The number of hydrogen-bond acceptors (Lipinski definition) is 13. The van der Waals surface area contributed by atoms with Crippen molar-refractivity contribution in [1.29, 1.82) is 0 Å². The van der Waals surface area contributed by atoms with Crippen molar-refractivity contribution in [3.8, 4) is 0 Å². The number of carbonyl (C=O) groups is 4. The predicted molar refractivity (Wildman–Crippen MR) is 199 cm³/mol. The summed E-state index contributed by atoms with van der Waals surface area (Å²) in [5, 5.41) is 83.0. The summed E-state index contributed by atoms with van der Waals surface area (Å²) in [4.78, 5) is 51.3. The molecule has 2 saturated heterocycles. The van der Waals surface area contributed by atoms with E-state index in [0.717, 1.165) is 37.7 Å². The number of carbonyl (C=O) groups excluding carboxylic acids is 1. The second kappa shape index (κ2) is 15.6. The number of allylic oxidation sites excluding steroid dienone is 2. The molecule has 59 heavy (non-hydrogen) atoms. The van der Waals surface area contributed by atoms with Crippen molar-refractivity contribution in [3.63, 3.8) is 0 Å². The summed E-state index contributed by atoms with van der Waals surface area (Å²) in [6.07, 6.45) is -12.2. The van der Waals surface area contributed by atoms with Crippen LogP contribution in [0.15, 0.2) is 11.6 Å². The number of aliphatic hydroxyl groups is 5. The van der Waals surface area contributed by atoms with Crippen molar-refractivity contribution in [1.82, 2.24) is 0 Å². The summed E-state index contributed by atoms with van der Waals surface area (Å²) >= 11 is 0. The molecule has 0 spiro atoms. The van der Waals surface area contributed by atoms with Crippen molar-refractivity contribution in [2.45, 2.75) is 174 Å². The van der Waals surface area contributed by atoms with Crippen LogP contribution in [-0.4, -0.2) is 132 Å². The Morgan fingerprint density at radius 2 is 1.27 bits per heavy atom. The van der Waals surface area contributed by atoms with E-state index >= 15 is 0 Å². The van der Waals surface area contributed by atoms with Crippen LogP contribution in [0.3, 0.4) is 0 Å². The Balaban J connectivity index is 0.00000585. The average Bonchev–Trinajstić information content (AvgIpc) is 3.13. The fourth-order valence-electron chi connectivity index (χ4n) is 13.4. The summed E-state index contributed by atoms with van der Waals surface area (Å²) < 4.78 is 23.4. The SMILES string of the molecule is CC1(C)[C@@H](O[C@@H]2O[C@H](C(=O)O)[C@@H](O)[C@H](O)[C@H]2O[C@@H]2O[C@H](C(=O)O)[C@@H](O)[C@H](O)[C@H]2O)CC[C@]2(C)[C@H]3C(=O)C=C4[C@@H]5C[C@@](C)(C(=O)O)CC[C@]5(C)CC[C@@]4(C)[C@]3(C)CC[C@@H]12.[Na+]. The average molecular weight is 846 g/mol. The molecule has 2 aliphatic heterocycles. The Hall–Kier alpha value is -1.54. The number of aliphatic hydroxyl groups excluding tert-OH is 5. The molecule has 4 saturated carbocycles. The summed E-state index contributed by atoms with van der Waals surface area (Å²) in [5.41, 5.74) is -1.81. The van der Waals surface area contributed by atoms with Gasteiger partial charge in [-0.1, -0.05) is 47.1 Å². The minimum Gasteiger partial charge on any atom is -0.481 e. The minimum atomic E-state index is -2.05. The molecule has 0 bridgehead atoms. The molecule has 8 N–H and O–H groups in total. The maximum Gasteiger partial charge on any atom is 1.00 e. The minimum absolute atomic E-state index is 0. The molecular weight excluding hydrogens is 783 g/mol. The van der Waals surface area contributed by atoms with Crippen LogP contribution in [0.1, 0.15) is 106 Å². The predicted octanol–water partition coefficient (Wildman–Crippen LogP) is -0.750. The summed E-state index contributed by atoms with van der Waals surface area (Å²) in [5.74, 6) is -4.47. The summed E-state index contributed by atoms with van der Waals surface area (Å²) in [6, 6.07) is 0. The monoisotopic (exact) mass is 845 g/mol. The summed E-state index contributed by atoms with van der Waals surface area (Å²) in [6.45, 7) is 14.8. The van der Waals surface area contributed by atoms with Crippen molar-refractivity contribution in [3.05, 3.63) is 11.6 Å². The smallest absolute Gasteiger partial charge is 0.481 e. The van der Waals surface area contributed by atoms with Gasteiger partial charge in [-0.2, -0.15) is 0 Å². The summed E-state index contributed by atoms with van der Waals surface area (Å²) in [7, 11) is 0. The molecule has 16 nitrogen and oxygen atoms in total. The van der Waals surface area contributed by atoms with E-state index < -0.39 is 107 Å². The molecule has 7 rings (SSSR count). The van der Waals surface area contributed by atoms with Crippen LogP contribution in [0.4, 0.5) is 0 Å². The van der Waals surface area contributed by atoms with Crippen molar-refractivity contribution in [2.75, 3.05) is 0 Å². The quantitative estimate of drug-likeness (QED) is 0.116. The third kappa shape index (κ3) is 7.02. The third-order valence-corrected chi connectivity index (χ3v) is 17.2. The van der Waals surface area contributed by atoms with Gasteiger partial charge >= 0.3 is 47.5 Å². The number of carboxylic acids is 3. The van der Waals surface area contributed by atoms with Gasteiger partial charge in [0.25, 0.3) is 0 Å². The molecule has 19 atom stereocenters. The zero-order chi connectivity index (χ0) is 42.9. The largest absolute Gasteiger partial charge is 1.00 e. The van der Waals surface area contributed by atoms with Gasteiger partial charge in [-0.15, -0.1) is 0 Å². The fraction of sp³-hybridized carbons (Fsp3) is 0.857. The van der Waals surface area contributed by atoms with Crippen LogP contribution in [-0.2, 0) is 38.1 Å². The second-order valence-electron chi connectivity index (χ2n) is 20.6. The molecule has 6 fully saturated rings. The Bertz CT molecular complexity index is 1740. The Morgan fingerprint density at radius 3 is 1.86 bits per heavy atom. The number of ether oxygens (including phenoxy) is 4. The van der Waals surface area contributed by atoms with Gasteiger partial charge in [0, 0.05) is 5.92 Å². The normalized spacial score (nSPS) is 51.7. The van der Waals surface area contributed by atoms with Crippen LogP contribution in [0.5, 0.6) is 0 Å². The number of carboxylic acid groups (broad SMARTS) is 3. The molecule has 0 amide bonds. The zero-order valence-electron chi connectivity index (χ0n) is 35.4. The van der Waals surface area contributed by atoms with E-state index in [-0.39, 0.29) is 63.9 Å². The van der Waals surface area contributed by atoms with Gasteiger partial charge in [-0.05, 0) is 110 Å². The molecule has 2 heterocycles. The first-order valence-electron chi connectivity index (χ1n) is 20.7. The fourth-order valence-corrected chi connectivity index (χ4v) is 13.4. The Kier molecular flexibility index (Phi) is 12.4. The van der Waals surface area contributed by atoms with Crippen LogP contribution in [0.2, 0.25) is 0 Å². The maximum absolute atomic E-state index is 14.8. The molecule has 0 aromatic heterocycles. The molecule has 0 radical (unpaired) electrons. The van der Waals surface area contributed by atoms with Gasteiger partial charge in [-0.3, -0.25) is 9.59 Å².